The number of thiol groups is 1. The third-order valence-corrected chi connectivity index (χ3v) is 5.28. The number of fused-ring (bicyclic) bond motifs is 1. The molecule has 0 bridgehead atoms. The van der Waals surface area contributed by atoms with E-state index in [1.807, 2.05) is 42.5 Å². The van der Waals surface area contributed by atoms with Crippen molar-refractivity contribution in [2.24, 2.45) is 5.73 Å². The molecule has 0 amide bonds. The summed E-state index contributed by atoms with van der Waals surface area (Å²) in [5.41, 5.74) is 7.47. The summed E-state index contributed by atoms with van der Waals surface area (Å²) in [7, 11) is 0. The third-order valence-electron chi connectivity index (χ3n) is 4.93. The van der Waals surface area contributed by atoms with Gasteiger partial charge in [-0.3, -0.25) is 0 Å². The number of hydrogen-bond donors (Lipinski definition) is 4. The molecule has 1 saturated heterocycles. The smallest absolute Gasteiger partial charge is 0.116 e. The molecule has 6 heteroatoms. The van der Waals surface area contributed by atoms with E-state index in [2.05, 4.69) is 35.4 Å². The number of nitrogens with two attached hydrogens (primary N) is 1. The SMILES string of the molecule is C1CCNCC1.N#CC1=C(N)NC(S)=C(C#N)C1c1ccc2ccccc2c1. The third kappa shape index (κ3) is 4.31. The quantitative estimate of drug-likeness (QED) is 0.558. The Morgan fingerprint density at radius 3 is 2.18 bits per heavy atom. The molecule has 2 aromatic carbocycles. The first-order chi connectivity index (χ1) is 13.7. The minimum atomic E-state index is -0.492. The van der Waals surface area contributed by atoms with Gasteiger partial charge in [0.15, 0.2) is 0 Å². The first kappa shape index (κ1) is 19.8. The standard InChI is InChI=1S/C17H12N4S.C5H11N/c18-8-13-15(14(9-19)17(22)21-16(13)20)12-6-5-10-3-1-2-4-11(10)7-12;1-2-4-6-5-3-1/h1-7,15,21-22H,20H2;6H,1-5H2. The van der Waals surface area contributed by atoms with E-state index in [-0.39, 0.29) is 5.82 Å². The van der Waals surface area contributed by atoms with Crippen LogP contribution < -0.4 is 16.4 Å². The lowest BCUT2D eigenvalue weighted by Crippen LogP contribution is -2.28. The molecule has 0 saturated carbocycles. The van der Waals surface area contributed by atoms with Gasteiger partial charge in [0.25, 0.3) is 0 Å². The second-order valence-corrected chi connectivity index (χ2v) is 7.24. The average Bonchev–Trinajstić information content (AvgIpc) is 2.74. The molecule has 2 aromatic rings. The molecule has 1 unspecified atom stereocenters. The molecule has 1 fully saturated rings. The number of nitrogens with zero attached hydrogens (tertiary/aromatic N) is 2. The first-order valence-corrected chi connectivity index (χ1v) is 9.80. The molecule has 2 heterocycles. The number of rotatable bonds is 1. The minimum absolute atomic E-state index is 0.240. The lowest BCUT2D eigenvalue weighted by Gasteiger charge is -2.25. The molecule has 0 spiro atoms. The molecule has 2 aliphatic rings. The highest BCUT2D eigenvalue weighted by molar-refractivity contribution is 7.84. The van der Waals surface area contributed by atoms with Crippen molar-refractivity contribution in [3.8, 4) is 12.1 Å². The topological polar surface area (TPSA) is 97.7 Å². The van der Waals surface area contributed by atoms with Crippen LogP contribution in [0, 0.1) is 22.7 Å². The van der Waals surface area contributed by atoms with E-state index in [0.717, 1.165) is 16.3 Å². The van der Waals surface area contributed by atoms with Gasteiger partial charge in [-0.1, -0.05) is 48.9 Å². The Morgan fingerprint density at radius 1 is 0.929 bits per heavy atom. The van der Waals surface area contributed by atoms with Crippen LogP contribution >= 0.6 is 12.6 Å². The normalized spacial score (nSPS) is 19.2. The fraction of sp³-hybridized carbons (Fsp3) is 0.273. The molecule has 28 heavy (non-hydrogen) atoms. The molecule has 5 nitrogen and oxygen atoms in total. The van der Waals surface area contributed by atoms with Crippen LogP contribution in [0.2, 0.25) is 0 Å². The van der Waals surface area contributed by atoms with Crippen molar-refractivity contribution in [2.75, 3.05) is 13.1 Å². The van der Waals surface area contributed by atoms with Crippen LogP contribution in [0.15, 0.2) is 64.5 Å². The van der Waals surface area contributed by atoms with E-state index in [9.17, 15) is 10.5 Å². The zero-order valence-corrected chi connectivity index (χ0v) is 16.5. The number of hydrogen-bond acceptors (Lipinski definition) is 6. The number of allylic oxidation sites excluding steroid dienone is 2. The van der Waals surface area contributed by atoms with Gasteiger partial charge in [-0.15, -0.1) is 12.6 Å². The van der Waals surface area contributed by atoms with Crippen molar-refractivity contribution in [3.63, 3.8) is 0 Å². The first-order valence-electron chi connectivity index (χ1n) is 9.35. The van der Waals surface area contributed by atoms with E-state index < -0.39 is 5.92 Å². The summed E-state index contributed by atoms with van der Waals surface area (Å²) in [6, 6.07) is 18.1. The van der Waals surface area contributed by atoms with Gasteiger partial charge < -0.3 is 16.4 Å². The number of nitrogens with one attached hydrogen (secondary N) is 2. The number of dihydropyridines is 1. The van der Waals surface area contributed by atoms with Crippen molar-refractivity contribution in [1.82, 2.24) is 10.6 Å². The average molecular weight is 390 g/mol. The van der Waals surface area contributed by atoms with E-state index in [0.29, 0.717) is 16.2 Å². The summed E-state index contributed by atoms with van der Waals surface area (Å²) >= 11 is 4.28. The van der Waals surface area contributed by atoms with Gasteiger partial charge in [0.1, 0.15) is 5.82 Å². The fourth-order valence-electron chi connectivity index (χ4n) is 3.46. The monoisotopic (exact) mass is 389 g/mol. The zero-order chi connectivity index (χ0) is 19.9. The molecule has 0 aromatic heterocycles. The maximum Gasteiger partial charge on any atom is 0.116 e. The van der Waals surface area contributed by atoms with Crippen LogP contribution in [0.4, 0.5) is 0 Å². The molecule has 4 N–H and O–H groups in total. The van der Waals surface area contributed by atoms with Crippen molar-refractivity contribution in [2.45, 2.75) is 25.2 Å². The Balaban J connectivity index is 0.000000320. The van der Waals surface area contributed by atoms with Gasteiger partial charge >= 0.3 is 0 Å². The van der Waals surface area contributed by atoms with Gasteiger partial charge in [0.2, 0.25) is 0 Å². The van der Waals surface area contributed by atoms with Crippen LogP contribution in [0.5, 0.6) is 0 Å². The second-order valence-electron chi connectivity index (χ2n) is 6.79. The summed E-state index contributed by atoms with van der Waals surface area (Å²) < 4.78 is 0. The molecule has 1 atom stereocenters. The van der Waals surface area contributed by atoms with Crippen LogP contribution in [-0.4, -0.2) is 13.1 Å². The van der Waals surface area contributed by atoms with Gasteiger partial charge in [-0.25, -0.2) is 0 Å². The Labute approximate surface area is 170 Å². The molecule has 142 valence electrons. The van der Waals surface area contributed by atoms with Gasteiger partial charge in [0.05, 0.1) is 34.2 Å². The van der Waals surface area contributed by atoms with Crippen LogP contribution in [0.25, 0.3) is 10.8 Å². The minimum Gasteiger partial charge on any atom is -0.384 e. The lowest BCUT2D eigenvalue weighted by molar-refractivity contribution is 0.520. The number of benzene rings is 2. The molecule has 0 radical (unpaired) electrons. The second kappa shape index (κ2) is 9.32. The van der Waals surface area contributed by atoms with E-state index in [1.165, 1.54) is 32.4 Å². The maximum absolute atomic E-state index is 9.44. The highest BCUT2D eigenvalue weighted by atomic mass is 32.1. The summed E-state index contributed by atoms with van der Waals surface area (Å²) in [5, 5.41) is 27.5. The lowest BCUT2D eigenvalue weighted by atomic mass is 9.83. The molecule has 2 aliphatic heterocycles. The van der Waals surface area contributed by atoms with Crippen molar-refractivity contribution < 1.29 is 0 Å². The summed E-state index contributed by atoms with van der Waals surface area (Å²) in [6.07, 6.45) is 4.22. The Bertz CT molecular complexity index is 958. The van der Waals surface area contributed by atoms with Gasteiger partial charge in [-0.05, 0) is 42.3 Å². The van der Waals surface area contributed by atoms with Crippen molar-refractivity contribution in [1.29, 1.82) is 10.5 Å². The fourth-order valence-corrected chi connectivity index (χ4v) is 3.76. The highest BCUT2D eigenvalue weighted by Crippen LogP contribution is 2.38. The van der Waals surface area contributed by atoms with E-state index in [1.54, 1.807) is 0 Å². The van der Waals surface area contributed by atoms with Crippen LogP contribution in [0.1, 0.15) is 30.7 Å². The molecular formula is C22H23N5S. The summed E-state index contributed by atoms with van der Waals surface area (Å²) in [5.74, 6) is -0.252. The molecular weight excluding hydrogens is 366 g/mol. The van der Waals surface area contributed by atoms with E-state index in [4.69, 9.17) is 5.73 Å². The maximum atomic E-state index is 9.44. The predicted octanol–water partition coefficient (Wildman–Crippen LogP) is 3.65. The van der Waals surface area contributed by atoms with E-state index >= 15 is 0 Å². The Hall–Kier alpha value is -2.93. The number of nitriles is 2. The highest BCUT2D eigenvalue weighted by Gasteiger charge is 2.30. The van der Waals surface area contributed by atoms with Crippen LogP contribution in [-0.2, 0) is 0 Å². The Kier molecular flexibility index (Phi) is 6.60. The Morgan fingerprint density at radius 2 is 1.61 bits per heavy atom. The molecule has 0 aliphatic carbocycles. The van der Waals surface area contributed by atoms with Crippen molar-refractivity contribution in [3.05, 3.63) is 70.0 Å². The predicted molar refractivity (Wildman–Crippen MR) is 115 cm³/mol. The summed E-state index contributed by atoms with van der Waals surface area (Å²) in [6.45, 7) is 2.50. The van der Waals surface area contributed by atoms with Gasteiger partial charge in [0, 0.05) is 0 Å². The number of piperidine rings is 1. The molecule has 4 rings (SSSR count). The van der Waals surface area contributed by atoms with Crippen LogP contribution in [0.3, 0.4) is 0 Å². The zero-order valence-electron chi connectivity index (χ0n) is 15.6. The van der Waals surface area contributed by atoms with Crippen molar-refractivity contribution >= 4 is 23.4 Å². The summed E-state index contributed by atoms with van der Waals surface area (Å²) in [4.78, 5) is 0. The van der Waals surface area contributed by atoms with Gasteiger partial charge in [-0.2, -0.15) is 10.5 Å². The largest absolute Gasteiger partial charge is 0.384 e.